The molecule has 1 aromatic rings. The Morgan fingerprint density at radius 2 is 1.89 bits per heavy atom. The van der Waals surface area contributed by atoms with Crippen molar-refractivity contribution in [2.75, 3.05) is 19.6 Å². The number of aliphatic imine (C=N–C) groups is 1. The Hall–Kier alpha value is -0.490. The summed E-state index contributed by atoms with van der Waals surface area (Å²) in [6.07, 6.45) is 1.90. The van der Waals surface area contributed by atoms with Gasteiger partial charge in [-0.25, -0.2) is 0 Å². The maximum Gasteiger partial charge on any atom is 0.191 e. The largest absolute Gasteiger partial charge is 0.370 e. The van der Waals surface area contributed by atoms with Crippen LogP contribution in [0.5, 0.6) is 0 Å². The van der Waals surface area contributed by atoms with Crippen LogP contribution >= 0.6 is 35.6 Å². The van der Waals surface area contributed by atoms with Gasteiger partial charge in [0, 0.05) is 24.7 Å². The van der Waals surface area contributed by atoms with E-state index in [-0.39, 0.29) is 24.0 Å². The summed E-state index contributed by atoms with van der Waals surface area (Å²) in [5.41, 5.74) is 7.07. The van der Waals surface area contributed by atoms with E-state index < -0.39 is 0 Å². The van der Waals surface area contributed by atoms with Gasteiger partial charge in [0.1, 0.15) is 0 Å². The van der Waals surface area contributed by atoms with Gasteiger partial charge in [-0.05, 0) is 38.3 Å². The fourth-order valence-electron chi connectivity index (χ4n) is 1.81. The van der Waals surface area contributed by atoms with E-state index in [9.17, 15) is 0 Å². The second-order valence-electron chi connectivity index (χ2n) is 4.11. The summed E-state index contributed by atoms with van der Waals surface area (Å²) >= 11 is 6.09. The summed E-state index contributed by atoms with van der Waals surface area (Å²) < 4.78 is 0. The molecule has 0 bridgehead atoms. The third kappa shape index (κ3) is 6.47. The molecule has 0 heterocycles. The lowest BCUT2D eigenvalue weighted by atomic mass is 10.1. The molecule has 0 radical (unpaired) electrons. The molecule has 0 unspecified atom stereocenters. The van der Waals surface area contributed by atoms with Crippen LogP contribution in [-0.2, 0) is 6.42 Å². The first-order chi connectivity index (χ1) is 8.69. The molecule has 108 valence electrons. The van der Waals surface area contributed by atoms with Gasteiger partial charge in [-0.3, -0.25) is 4.99 Å². The van der Waals surface area contributed by atoms with Crippen LogP contribution in [0.15, 0.2) is 29.3 Å². The molecule has 5 heteroatoms. The highest BCUT2D eigenvalue weighted by Gasteiger charge is 2.02. The molecular formula is C14H23ClIN3. The van der Waals surface area contributed by atoms with Crippen LogP contribution in [0.1, 0.15) is 25.8 Å². The van der Waals surface area contributed by atoms with E-state index in [1.165, 1.54) is 5.56 Å². The predicted molar refractivity (Wildman–Crippen MR) is 94.6 cm³/mol. The number of hydrogen-bond donors (Lipinski definition) is 1. The molecule has 19 heavy (non-hydrogen) atoms. The van der Waals surface area contributed by atoms with Crippen molar-refractivity contribution >= 4 is 41.5 Å². The van der Waals surface area contributed by atoms with E-state index in [0.29, 0.717) is 5.96 Å². The molecule has 0 aliphatic heterocycles. The van der Waals surface area contributed by atoms with E-state index in [1.54, 1.807) is 0 Å². The molecule has 2 N–H and O–H groups in total. The van der Waals surface area contributed by atoms with Crippen molar-refractivity contribution < 1.29 is 0 Å². The first-order valence-electron chi connectivity index (χ1n) is 6.47. The normalized spacial score (nSPS) is 11.0. The number of rotatable bonds is 6. The molecule has 0 atom stereocenters. The number of nitrogens with zero attached hydrogens (tertiary/aromatic N) is 2. The van der Waals surface area contributed by atoms with Gasteiger partial charge in [-0.15, -0.1) is 24.0 Å². The first kappa shape index (κ1) is 18.5. The Kier molecular flexibility index (Phi) is 10.0. The second kappa shape index (κ2) is 10.3. The minimum atomic E-state index is 0. The van der Waals surface area contributed by atoms with Gasteiger partial charge in [-0.2, -0.15) is 0 Å². The molecule has 0 fully saturated rings. The van der Waals surface area contributed by atoms with Crippen molar-refractivity contribution in [1.29, 1.82) is 0 Å². The van der Waals surface area contributed by atoms with E-state index in [2.05, 4.69) is 29.8 Å². The SMILES string of the molecule is CCN(CC)C(N)=NCCCc1ccccc1Cl.I. The summed E-state index contributed by atoms with van der Waals surface area (Å²) in [5.74, 6) is 0.638. The lowest BCUT2D eigenvalue weighted by Gasteiger charge is -2.19. The Bertz CT molecular complexity index is 392. The number of hydrogen-bond acceptors (Lipinski definition) is 1. The summed E-state index contributed by atoms with van der Waals surface area (Å²) in [5, 5.41) is 0.832. The van der Waals surface area contributed by atoms with Crippen molar-refractivity contribution in [3.63, 3.8) is 0 Å². The van der Waals surface area contributed by atoms with E-state index >= 15 is 0 Å². The fourth-order valence-corrected chi connectivity index (χ4v) is 2.04. The Balaban J connectivity index is 0.00000324. The molecule has 0 aliphatic carbocycles. The van der Waals surface area contributed by atoms with E-state index in [4.69, 9.17) is 17.3 Å². The molecule has 0 spiro atoms. The van der Waals surface area contributed by atoms with Crippen molar-refractivity contribution in [3.8, 4) is 0 Å². The molecular weight excluding hydrogens is 373 g/mol. The highest BCUT2D eigenvalue weighted by atomic mass is 127. The topological polar surface area (TPSA) is 41.6 Å². The number of halogens is 2. The molecule has 0 amide bonds. The second-order valence-corrected chi connectivity index (χ2v) is 4.51. The van der Waals surface area contributed by atoms with Crippen molar-refractivity contribution in [2.24, 2.45) is 10.7 Å². The van der Waals surface area contributed by atoms with E-state index in [1.807, 2.05) is 18.2 Å². The highest BCUT2D eigenvalue weighted by Crippen LogP contribution is 2.16. The molecule has 0 saturated heterocycles. The van der Waals surface area contributed by atoms with Crippen molar-refractivity contribution in [3.05, 3.63) is 34.9 Å². The van der Waals surface area contributed by atoms with Gasteiger partial charge in [0.05, 0.1) is 0 Å². The van der Waals surface area contributed by atoms with Gasteiger partial charge in [0.2, 0.25) is 0 Å². The zero-order valence-electron chi connectivity index (χ0n) is 11.6. The molecule has 0 aromatic heterocycles. The first-order valence-corrected chi connectivity index (χ1v) is 6.85. The maximum atomic E-state index is 6.09. The zero-order valence-corrected chi connectivity index (χ0v) is 14.7. The number of guanidine groups is 1. The zero-order chi connectivity index (χ0) is 13.4. The molecule has 0 aliphatic rings. The van der Waals surface area contributed by atoms with Gasteiger partial charge in [0.25, 0.3) is 0 Å². The highest BCUT2D eigenvalue weighted by molar-refractivity contribution is 14.0. The third-order valence-electron chi connectivity index (χ3n) is 2.92. The number of nitrogens with two attached hydrogens (primary N) is 1. The Morgan fingerprint density at radius 3 is 2.47 bits per heavy atom. The summed E-state index contributed by atoms with van der Waals surface area (Å²) in [6, 6.07) is 7.93. The maximum absolute atomic E-state index is 6.09. The molecule has 0 saturated carbocycles. The fraction of sp³-hybridized carbons (Fsp3) is 0.500. The molecule has 1 aromatic carbocycles. The van der Waals surface area contributed by atoms with Crippen LogP contribution in [0.2, 0.25) is 5.02 Å². The lowest BCUT2D eigenvalue weighted by Crippen LogP contribution is -2.37. The van der Waals surface area contributed by atoms with Gasteiger partial charge in [-0.1, -0.05) is 29.8 Å². The minimum absolute atomic E-state index is 0. The van der Waals surface area contributed by atoms with Crippen LogP contribution in [0.3, 0.4) is 0 Å². The average Bonchev–Trinajstić information content (AvgIpc) is 2.38. The summed E-state index contributed by atoms with van der Waals surface area (Å²) in [6.45, 7) is 6.70. The summed E-state index contributed by atoms with van der Waals surface area (Å²) in [4.78, 5) is 6.44. The number of aryl methyl sites for hydroxylation is 1. The Labute approximate surface area is 138 Å². The average molecular weight is 396 g/mol. The van der Waals surface area contributed by atoms with Crippen LogP contribution < -0.4 is 5.73 Å². The van der Waals surface area contributed by atoms with Gasteiger partial charge in [0.15, 0.2) is 5.96 Å². The van der Waals surface area contributed by atoms with Crippen LogP contribution in [0.25, 0.3) is 0 Å². The number of benzene rings is 1. The monoisotopic (exact) mass is 395 g/mol. The minimum Gasteiger partial charge on any atom is -0.370 e. The third-order valence-corrected chi connectivity index (χ3v) is 3.29. The van der Waals surface area contributed by atoms with Gasteiger partial charge < -0.3 is 10.6 Å². The van der Waals surface area contributed by atoms with Gasteiger partial charge >= 0.3 is 0 Å². The molecule has 1 rings (SSSR count). The standard InChI is InChI=1S/C14H22ClN3.HI/c1-3-18(4-2)14(16)17-11-7-9-12-8-5-6-10-13(12)15;/h5-6,8,10H,3-4,7,9,11H2,1-2H3,(H2,16,17);1H. The smallest absolute Gasteiger partial charge is 0.191 e. The lowest BCUT2D eigenvalue weighted by molar-refractivity contribution is 0.458. The molecule has 3 nitrogen and oxygen atoms in total. The van der Waals surface area contributed by atoms with Crippen LogP contribution in [0.4, 0.5) is 0 Å². The van der Waals surface area contributed by atoms with Crippen LogP contribution in [-0.4, -0.2) is 30.5 Å². The van der Waals surface area contributed by atoms with Crippen LogP contribution in [0, 0.1) is 0 Å². The van der Waals surface area contributed by atoms with Crippen molar-refractivity contribution in [2.45, 2.75) is 26.7 Å². The van der Waals surface area contributed by atoms with E-state index in [0.717, 1.165) is 37.5 Å². The van der Waals surface area contributed by atoms with Crippen molar-refractivity contribution in [1.82, 2.24) is 4.90 Å². The quantitative estimate of drug-likeness (QED) is 0.346. The predicted octanol–water partition coefficient (Wildman–Crippen LogP) is 3.55. The summed E-state index contributed by atoms with van der Waals surface area (Å²) in [7, 11) is 0. The Morgan fingerprint density at radius 1 is 1.26 bits per heavy atom.